The first-order valence-electron chi connectivity index (χ1n) is 8.03. The van der Waals surface area contributed by atoms with E-state index in [1.807, 2.05) is 37.2 Å². The lowest BCUT2D eigenvalue weighted by Crippen LogP contribution is -2.40. The Morgan fingerprint density at radius 2 is 2.18 bits per heavy atom. The number of nitrogens with two attached hydrogens (primary N) is 1. The Kier molecular flexibility index (Phi) is 4.36. The highest BCUT2D eigenvalue weighted by molar-refractivity contribution is 5.97. The lowest BCUT2D eigenvalue weighted by atomic mass is 10.0. The molecule has 1 aromatic rings. The summed E-state index contributed by atoms with van der Waals surface area (Å²) in [4.78, 5) is 16.2. The first-order chi connectivity index (χ1) is 10.6. The number of carbonyl (C=O) groups excluding carboxylic acids is 1. The van der Waals surface area contributed by atoms with Crippen LogP contribution < -0.4 is 15.4 Å². The maximum absolute atomic E-state index is 12.2. The van der Waals surface area contributed by atoms with Crippen LogP contribution in [0.2, 0.25) is 0 Å². The summed E-state index contributed by atoms with van der Waals surface area (Å²) in [5, 5.41) is 0. The van der Waals surface area contributed by atoms with Crippen molar-refractivity contribution in [3.05, 3.63) is 23.8 Å². The number of nitrogens with zero attached hydrogens (tertiary/aromatic N) is 2. The van der Waals surface area contributed by atoms with Crippen LogP contribution in [0.25, 0.3) is 0 Å². The highest BCUT2D eigenvalue weighted by atomic mass is 16.5. The van der Waals surface area contributed by atoms with E-state index in [0.29, 0.717) is 5.92 Å². The van der Waals surface area contributed by atoms with Crippen molar-refractivity contribution in [2.24, 2.45) is 11.7 Å². The van der Waals surface area contributed by atoms with Gasteiger partial charge in [-0.2, -0.15) is 0 Å². The van der Waals surface area contributed by atoms with Crippen LogP contribution in [-0.2, 0) is 4.79 Å². The lowest BCUT2D eigenvalue weighted by Gasteiger charge is -2.30. The zero-order valence-electron chi connectivity index (χ0n) is 13.4. The molecule has 1 aliphatic carbocycles. The molecule has 2 aliphatic rings. The molecule has 0 saturated heterocycles. The maximum Gasteiger partial charge on any atom is 0.265 e. The smallest absolute Gasteiger partial charge is 0.265 e. The predicted octanol–water partition coefficient (Wildman–Crippen LogP) is 1.77. The van der Waals surface area contributed by atoms with Gasteiger partial charge in [0.15, 0.2) is 6.61 Å². The Bertz CT molecular complexity index is 555. The molecule has 2 N–H and O–H groups in total. The maximum atomic E-state index is 12.2. The molecule has 22 heavy (non-hydrogen) atoms. The summed E-state index contributed by atoms with van der Waals surface area (Å²) in [5.41, 5.74) is 8.29. The third-order valence-electron chi connectivity index (χ3n) is 4.43. The van der Waals surface area contributed by atoms with E-state index < -0.39 is 0 Å². The highest BCUT2D eigenvalue weighted by Crippen LogP contribution is 2.42. The molecule has 1 atom stereocenters. The largest absolute Gasteiger partial charge is 0.482 e. The number of benzene rings is 1. The van der Waals surface area contributed by atoms with Crippen LogP contribution in [0.4, 0.5) is 5.69 Å². The molecular weight excluding hydrogens is 278 g/mol. The zero-order chi connectivity index (χ0) is 15.7. The van der Waals surface area contributed by atoms with Crippen molar-refractivity contribution in [1.29, 1.82) is 0 Å². The summed E-state index contributed by atoms with van der Waals surface area (Å²) in [7, 11) is 4.09. The molecule has 1 fully saturated rings. The molecule has 1 saturated carbocycles. The van der Waals surface area contributed by atoms with Crippen molar-refractivity contribution in [2.75, 3.05) is 38.7 Å². The number of ether oxygens (including phenoxy) is 1. The van der Waals surface area contributed by atoms with Gasteiger partial charge in [-0.05, 0) is 63.5 Å². The Morgan fingerprint density at radius 1 is 1.41 bits per heavy atom. The van der Waals surface area contributed by atoms with E-state index in [-0.39, 0.29) is 18.6 Å². The Hall–Kier alpha value is -1.59. The van der Waals surface area contributed by atoms with Gasteiger partial charge in [-0.25, -0.2) is 0 Å². The molecule has 0 spiro atoms. The normalized spacial score (nSPS) is 19.1. The second-order valence-electron chi connectivity index (χ2n) is 6.58. The Morgan fingerprint density at radius 3 is 2.86 bits per heavy atom. The number of hydrogen-bond acceptors (Lipinski definition) is 4. The van der Waals surface area contributed by atoms with Crippen LogP contribution >= 0.6 is 0 Å². The molecular formula is C17H25N3O2. The van der Waals surface area contributed by atoms with E-state index in [2.05, 4.69) is 4.90 Å². The van der Waals surface area contributed by atoms with Crippen LogP contribution in [0.15, 0.2) is 18.2 Å². The molecule has 1 heterocycles. The molecule has 0 aromatic heterocycles. The van der Waals surface area contributed by atoms with Crippen molar-refractivity contribution >= 4 is 11.6 Å². The number of amides is 1. The third kappa shape index (κ3) is 3.25. The van der Waals surface area contributed by atoms with E-state index in [1.165, 1.54) is 12.8 Å². The van der Waals surface area contributed by atoms with Crippen molar-refractivity contribution in [3.8, 4) is 5.75 Å². The van der Waals surface area contributed by atoms with Gasteiger partial charge in [0.05, 0.1) is 5.69 Å². The molecule has 1 aromatic carbocycles. The second kappa shape index (κ2) is 6.26. The van der Waals surface area contributed by atoms with Crippen LogP contribution in [0.1, 0.15) is 30.9 Å². The van der Waals surface area contributed by atoms with E-state index in [9.17, 15) is 4.79 Å². The molecule has 120 valence electrons. The monoisotopic (exact) mass is 303 g/mol. The van der Waals surface area contributed by atoms with Crippen molar-refractivity contribution in [3.63, 3.8) is 0 Å². The average Bonchev–Trinajstić information content (AvgIpc) is 3.32. The standard InChI is InChI=1S/C17H25N3O2/c1-19(2)8-3-9-20-14-10-13(17(18)12-4-5-12)6-7-15(14)22-11-16(20)21/h6-7,10,12,17H,3-5,8-9,11,18H2,1-2H3. The van der Waals surface area contributed by atoms with E-state index in [4.69, 9.17) is 10.5 Å². The van der Waals surface area contributed by atoms with E-state index in [0.717, 1.165) is 36.5 Å². The number of hydrogen-bond donors (Lipinski definition) is 1. The molecule has 1 amide bonds. The van der Waals surface area contributed by atoms with Gasteiger partial charge in [0.2, 0.25) is 0 Å². The van der Waals surface area contributed by atoms with Crippen molar-refractivity contribution < 1.29 is 9.53 Å². The summed E-state index contributed by atoms with van der Waals surface area (Å²) in [6.07, 6.45) is 3.36. The number of carbonyl (C=O) groups is 1. The minimum absolute atomic E-state index is 0.0309. The summed E-state index contributed by atoms with van der Waals surface area (Å²) < 4.78 is 5.56. The van der Waals surface area contributed by atoms with Crippen LogP contribution in [0.5, 0.6) is 5.75 Å². The summed E-state index contributed by atoms with van der Waals surface area (Å²) in [6, 6.07) is 6.12. The fourth-order valence-corrected chi connectivity index (χ4v) is 2.94. The van der Waals surface area contributed by atoms with Gasteiger partial charge in [0.25, 0.3) is 5.91 Å². The van der Waals surface area contributed by atoms with Gasteiger partial charge < -0.3 is 20.3 Å². The first kappa shape index (κ1) is 15.3. The van der Waals surface area contributed by atoms with E-state index in [1.54, 1.807) is 0 Å². The fourth-order valence-electron chi connectivity index (χ4n) is 2.94. The van der Waals surface area contributed by atoms with Crippen molar-refractivity contribution in [2.45, 2.75) is 25.3 Å². The van der Waals surface area contributed by atoms with E-state index >= 15 is 0 Å². The number of anilines is 1. The van der Waals surface area contributed by atoms with Gasteiger partial charge >= 0.3 is 0 Å². The SMILES string of the molecule is CN(C)CCCN1C(=O)COc2ccc(C(N)C3CC3)cc21. The van der Waals surface area contributed by atoms with Crippen LogP contribution in [-0.4, -0.2) is 44.6 Å². The first-order valence-corrected chi connectivity index (χ1v) is 8.03. The second-order valence-corrected chi connectivity index (χ2v) is 6.58. The molecule has 3 rings (SSSR count). The highest BCUT2D eigenvalue weighted by Gasteiger charge is 2.31. The topological polar surface area (TPSA) is 58.8 Å². The molecule has 1 aliphatic heterocycles. The quantitative estimate of drug-likeness (QED) is 0.870. The lowest BCUT2D eigenvalue weighted by molar-refractivity contribution is -0.121. The molecule has 1 unspecified atom stereocenters. The molecule has 0 bridgehead atoms. The summed E-state index contributed by atoms with van der Waals surface area (Å²) in [6.45, 7) is 1.81. The average molecular weight is 303 g/mol. The number of fused-ring (bicyclic) bond motifs is 1. The van der Waals surface area contributed by atoms with Gasteiger partial charge in [0, 0.05) is 12.6 Å². The zero-order valence-corrected chi connectivity index (χ0v) is 13.4. The molecule has 5 heteroatoms. The minimum Gasteiger partial charge on any atom is -0.482 e. The summed E-state index contributed by atoms with van der Waals surface area (Å²) in [5.74, 6) is 1.42. The van der Waals surface area contributed by atoms with Gasteiger partial charge in [-0.15, -0.1) is 0 Å². The Balaban J connectivity index is 1.80. The molecule has 0 radical (unpaired) electrons. The van der Waals surface area contributed by atoms with Gasteiger partial charge in [0.1, 0.15) is 5.75 Å². The Labute approximate surface area is 132 Å². The minimum atomic E-state index is 0.0309. The predicted molar refractivity (Wildman–Crippen MR) is 87.1 cm³/mol. The van der Waals surface area contributed by atoms with Crippen LogP contribution in [0, 0.1) is 5.92 Å². The van der Waals surface area contributed by atoms with Crippen molar-refractivity contribution in [1.82, 2.24) is 4.90 Å². The fraction of sp³-hybridized carbons (Fsp3) is 0.588. The van der Waals surface area contributed by atoms with Gasteiger partial charge in [-0.1, -0.05) is 6.07 Å². The third-order valence-corrected chi connectivity index (χ3v) is 4.43. The molecule has 5 nitrogen and oxygen atoms in total. The number of rotatable bonds is 6. The van der Waals surface area contributed by atoms with Gasteiger partial charge in [-0.3, -0.25) is 4.79 Å². The summed E-state index contributed by atoms with van der Waals surface area (Å²) >= 11 is 0. The van der Waals surface area contributed by atoms with Crippen LogP contribution in [0.3, 0.4) is 0 Å².